The first kappa shape index (κ1) is 22.6. The van der Waals surface area contributed by atoms with Crippen molar-refractivity contribution >= 4 is 41.2 Å². The third-order valence-corrected chi connectivity index (χ3v) is 3.98. The molecule has 8 N–H and O–H groups in total. The van der Waals surface area contributed by atoms with Crippen molar-refractivity contribution < 1.29 is 24.7 Å². The van der Waals surface area contributed by atoms with Gasteiger partial charge in [-0.1, -0.05) is 35.0 Å². The molecule has 0 aliphatic carbocycles. The van der Waals surface area contributed by atoms with Crippen molar-refractivity contribution in [1.29, 1.82) is 0 Å². The standard InChI is InChI=1S/C18H19ClN6O5/c19-12-6-4-10(5-7-12)14(9-15(26)27)25(30)24-18(29)23-16(28)11-2-1-3-13(8-11)22-17(20)21/h1-8,14,30H,9H2,(H,26,27)(H4,20,21,22)(H2,23,24,28,29). The first-order valence-corrected chi connectivity index (χ1v) is 8.80. The molecule has 0 radical (unpaired) electrons. The molecule has 0 bridgehead atoms. The Morgan fingerprint density at radius 2 is 1.80 bits per heavy atom. The molecule has 2 aromatic rings. The zero-order valence-corrected chi connectivity index (χ0v) is 16.2. The Kier molecular flexibility index (Phi) is 7.69. The summed E-state index contributed by atoms with van der Waals surface area (Å²) in [5.74, 6) is -2.22. The third-order valence-electron chi connectivity index (χ3n) is 3.73. The number of hydrazine groups is 1. The van der Waals surface area contributed by atoms with Gasteiger partial charge in [0.1, 0.15) is 0 Å². The molecule has 1 atom stereocenters. The molecule has 2 rings (SSSR count). The van der Waals surface area contributed by atoms with Crippen molar-refractivity contribution in [1.82, 2.24) is 15.9 Å². The lowest BCUT2D eigenvalue weighted by molar-refractivity contribution is -0.170. The van der Waals surface area contributed by atoms with E-state index in [1.54, 1.807) is 6.07 Å². The number of aliphatic imine (C=N–C) groups is 1. The summed E-state index contributed by atoms with van der Waals surface area (Å²) < 4.78 is 0. The number of hydroxylamine groups is 1. The topological polar surface area (TPSA) is 183 Å². The Labute approximate surface area is 175 Å². The summed E-state index contributed by atoms with van der Waals surface area (Å²) in [4.78, 5) is 39.3. The number of nitrogens with one attached hydrogen (secondary N) is 2. The SMILES string of the molecule is NC(N)=Nc1cccc(C(=O)NC(=O)NN(O)C(CC(=O)O)c2ccc(Cl)cc2)c1. The zero-order chi connectivity index (χ0) is 22.3. The summed E-state index contributed by atoms with van der Waals surface area (Å²) in [6.45, 7) is 0. The van der Waals surface area contributed by atoms with E-state index < -0.39 is 30.4 Å². The van der Waals surface area contributed by atoms with E-state index in [0.29, 0.717) is 21.4 Å². The molecule has 1 unspecified atom stereocenters. The van der Waals surface area contributed by atoms with Gasteiger partial charge in [-0.05, 0) is 35.9 Å². The van der Waals surface area contributed by atoms with Gasteiger partial charge in [0.2, 0.25) is 0 Å². The normalized spacial score (nSPS) is 11.4. The van der Waals surface area contributed by atoms with E-state index in [4.69, 9.17) is 28.2 Å². The highest BCUT2D eigenvalue weighted by Gasteiger charge is 2.24. The second-order valence-corrected chi connectivity index (χ2v) is 6.43. The van der Waals surface area contributed by atoms with Crippen molar-refractivity contribution in [3.05, 3.63) is 64.7 Å². The number of amides is 3. The van der Waals surface area contributed by atoms with Gasteiger partial charge in [0.05, 0.1) is 18.2 Å². The van der Waals surface area contributed by atoms with Crippen LogP contribution in [0.5, 0.6) is 0 Å². The van der Waals surface area contributed by atoms with Crippen LogP contribution in [-0.2, 0) is 4.79 Å². The van der Waals surface area contributed by atoms with E-state index in [1.165, 1.54) is 42.5 Å². The summed E-state index contributed by atoms with van der Waals surface area (Å²) in [5, 5.41) is 22.0. The number of urea groups is 1. The summed E-state index contributed by atoms with van der Waals surface area (Å²) in [5.41, 5.74) is 13.3. The first-order chi connectivity index (χ1) is 14.2. The monoisotopic (exact) mass is 434 g/mol. The molecule has 0 aromatic heterocycles. The highest BCUT2D eigenvalue weighted by molar-refractivity contribution is 6.30. The van der Waals surface area contributed by atoms with Gasteiger partial charge in [-0.2, -0.15) is 0 Å². The third kappa shape index (κ3) is 6.74. The number of nitrogens with two attached hydrogens (primary N) is 2. The molecule has 0 heterocycles. The van der Waals surface area contributed by atoms with Gasteiger partial charge in [-0.25, -0.2) is 15.2 Å². The summed E-state index contributed by atoms with van der Waals surface area (Å²) in [6, 6.07) is 9.62. The van der Waals surface area contributed by atoms with Gasteiger partial charge < -0.3 is 16.6 Å². The smallest absolute Gasteiger partial charge is 0.338 e. The van der Waals surface area contributed by atoms with Crippen LogP contribution in [0.15, 0.2) is 53.5 Å². The lowest BCUT2D eigenvalue weighted by Gasteiger charge is -2.25. The minimum atomic E-state index is -1.22. The number of hydrogen-bond acceptors (Lipinski definition) is 6. The van der Waals surface area contributed by atoms with Crippen LogP contribution in [0, 0.1) is 0 Å². The van der Waals surface area contributed by atoms with E-state index in [2.05, 4.69) is 4.99 Å². The number of halogens is 1. The number of rotatable bonds is 7. The molecule has 30 heavy (non-hydrogen) atoms. The van der Waals surface area contributed by atoms with E-state index in [9.17, 15) is 19.6 Å². The Hall–Kier alpha value is -3.67. The van der Waals surface area contributed by atoms with E-state index in [0.717, 1.165) is 0 Å². The molecular formula is C18H19ClN6O5. The maximum absolute atomic E-state index is 12.2. The summed E-state index contributed by atoms with van der Waals surface area (Å²) in [6.07, 6.45) is -0.535. The Balaban J connectivity index is 2.07. The molecule has 0 spiro atoms. The molecule has 0 aliphatic rings. The minimum absolute atomic E-state index is 0.0805. The summed E-state index contributed by atoms with van der Waals surface area (Å²) >= 11 is 5.81. The number of imide groups is 1. The van der Waals surface area contributed by atoms with Crippen LogP contribution >= 0.6 is 11.6 Å². The lowest BCUT2D eigenvalue weighted by atomic mass is 10.0. The molecule has 0 aliphatic heterocycles. The highest BCUT2D eigenvalue weighted by atomic mass is 35.5. The second-order valence-electron chi connectivity index (χ2n) is 5.99. The largest absolute Gasteiger partial charge is 0.481 e. The number of carbonyl (C=O) groups excluding carboxylic acids is 2. The fraction of sp³-hybridized carbons (Fsp3) is 0.111. The van der Waals surface area contributed by atoms with Crippen molar-refractivity contribution in [2.24, 2.45) is 16.5 Å². The van der Waals surface area contributed by atoms with Crippen LogP contribution in [0.2, 0.25) is 5.02 Å². The molecule has 11 nitrogen and oxygen atoms in total. The molecular weight excluding hydrogens is 416 g/mol. The van der Waals surface area contributed by atoms with Gasteiger partial charge in [-0.15, -0.1) is 0 Å². The van der Waals surface area contributed by atoms with Crippen LogP contribution in [-0.4, -0.2) is 39.4 Å². The number of carbonyl (C=O) groups is 3. The van der Waals surface area contributed by atoms with Crippen LogP contribution in [0.4, 0.5) is 10.5 Å². The van der Waals surface area contributed by atoms with E-state index in [1.807, 2.05) is 10.7 Å². The molecule has 0 fully saturated rings. The molecule has 2 aromatic carbocycles. The van der Waals surface area contributed by atoms with Gasteiger partial charge >= 0.3 is 12.0 Å². The van der Waals surface area contributed by atoms with Crippen molar-refractivity contribution in [2.75, 3.05) is 0 Å². The van der Waals surface area contributed by atoms with Crippen LogP contribution in [0.3, 0.4) is 0 Å². The van der Waals surface area contributed by atoms with Gasteiger partial charge in [-0.3, -0.25) is 20.1 Å². The number of benzene rings is 2. The van der Waals surface area contributed by atoms with Crippen LogP contribution in [0.1, 0.15) is 28.4 Å². The fourth-order valence-electron chi connectivity index (χ4n) is 2.45. The fourth-order valence-corrected chi connectivity index (χ4v) is 2.57. The first-order valence-electron chi connectivity index (χ1n) is 8.42. The highest BCUT2D eigenvalue weighted by Crippen LogP contribution is 2.23. The van der Waals surface area contributed by atoms with Crippen molar-refractivity contribution in [3.63, 3.8) is 0 Å². The van der Waals surface area contributed by atoms with Gasteiger partial charge in [0.25, 0.3) is 5.91 Å². The predicted octanol–water partition coefficient (Wildman–Crippen LogP) is 1.51. The van der Waals surface area contributed by atoms with E-state index >= 15 is 0 Å². The van der Waals surface area contributed by atoms with Crippen molar-refractivity contribution in [2.45, 2.75) is 12.5 Å². The Bertz CT molecular complexity index is 962. The average Bonchev–Trinajstić information content (AvgIpc) is 2.66. The number of aliphatic carboxylic acids is 1. The molecule has 158 valence electrons. The zero-order valence-electron chi connectivity index (χ0n) is 15.4. The predicted molar refractivity (Wildman–Crippen MR) is 108 cm³/mol. The number of carboxylic acids is 1. The van der Waals surface area contributed by atoms with Gasteiger partial charge in [0.15, 0.2) is 5.96 Å². The Morgan fingerprint density at radius 1 is 1.13 bits per heavy atom. The number of nitrogens with zero attached hydrogens (tertiary/aromatic N) is 2. The average molecular weight is 435 g/mol. The quantitative estimate of drug-likeness (QED) is 0.215. The van der Waals surface area contributed by atoms with Gasteiger partial charge in [0, 0.05) is 10.6 Å². The molecule has 3 amide bonds. The lowest BCUT2D eigenvalue weighted by Crippen LogP contribution is -2.49. The van der Waals surface area contributed by atoms with E-state index in [-0.39, 0.29) is 11.5 Å². The van der Waals surface area contributed by atoms with Crippen molar-refractivity contribution in [3.8, 4) is 0 Å². The maximum atomic E-state index is 12.2. The maximum Gasteiger partial charge on any atom is 0.338 e. The Morgan fingerprint density at radius 3 is 2.40 bits per heavy atom. The second kappa shape index (κ2) is 10.2. The number of hydrogen-bond donors (Lipinski definition) is 6. The molecule has 12 heteroatoms. The molecule has 0 saturated heterocycles. The van der Waals surface area contributed by atoms with Crippen LogP contribution in [0.25, 0.3) is 0 Å². The minimum Gasteiger partial charge on any atom is -0.481 e. The summed E-state index contributed by atoms with van der Waals surface area (Å²) in [7, 11) is 0. The number of guanidine groups is 1. The van der Waals surface area contributed by atoms with Crippen LogP contribution < -0.4 is 22.2 Å². The number of carboxylic acid groups (broad SMARTS) is 1. The molecule has 0 saturated carbocycles.